The first kappa shape index (κ1) is 17.3. The molecule has 0 radical (unpaired) electrons. The van der Waals surface area contributed by atoms with Crippen LogP contribution in [0.4, 0.5) is 0 Å². The third-order valence-corrected chi connectivity index (χ3v) is 6.97. The molecule has 2 aliphatic carbocycles. The zero-order chi connectivity index (χ0) is 15.5. The Balaban J connectivity index is 1.94. The van der Waals surface area contributed by atoms with Gasteiger partial charge in [0.1, 0.15) is 0 Å². The van der Waals surface area contributed by atoms with Crippen molar-refractivity contribution in [3.05, 3.63) is 0 Å². The van der Waals surface area contributed by atoms with Crippen LogP contribution >= 0.6 is 0 Å². The van der Waals surface area contributed by atoms with Crippen molar-refractivity contribution in [3.8, 4) is 0 Å². The van der Waals surface area contributed by atoms with Crippen LogP contribution in [-0.4, -0.2) is 30.1 Å². The number of nitrogens with two attached hydrogens (primary N) is 1. The predicted octanol–water partition coefficient (Wildman–Crippen LogP) is 4.43. The van der Waals surface area contributed by atoms with E-state index in [4.69, 9.17) is 5.73 Å². The van der Waals surface area contributed by atoms with Crippen LogP contribution in [0.25, 0.3) is 0 Å². The lowest BCUT2D eigenvalue weighted by Gasteiger charge is -2.51. The molecule has 0 unspecified atom stereocenters. The Morgan fingerprint density at radius 2 is 1.62 bits per heavy atom. The normalized spacial score (nSPS) is 38.1. The summed E-state index contributed by atoms with van der Waals surface area (Å²) in [4.78, 5) is 2.72. The second kappa shape index (κ2) is 7.46. The highest BCUT2D eigenvalue weighted by atomic mass is 15.2. The van der Waals surface area contributed by atoms with Gasteiger partial charge in [-0.2, -0.15) is 0 Å². The summed E-state index contributed by atoms with van der Waals surface area (Å²) < 4.78 is 0. The second-order valence-electron chi connectivity index (χ2n) is 8.20. The van der Waals surface area contributed by atoms with E-state index in [-0.39, 0.29) is 0 Å². The van der Waals surface area contributed by atoms with Gasteiger partial charge >= 0.3 is 0 Å². The number of rotatable bonds is 5. The van der Waals surface area contributed by atoms with Crippen molar-refractivity contribution in [1.82, 2.24) is 4.90 Å². The van der Waals surface area contributed by atoms with Gasteiger partial charge in [0, 0.05) is 18.1 Å². The molecule has 0 atom stereocenters. The van der Waals surface area contributed by atoms with E-state index in [9.17, 15) is 0 Å². The summed E-state index contributed by atoms with van der Waals surface area (Å²) in [7, 11) is 2.37. The van der Waals surface area contributed by atoms with Crippen molar-refractivity contribution in [2.45, 2.75) is 90.1 Å². The molecule has 2 fully saturated rings. The molecule has 0 aromatic rings. The monoisotopic (exact) mass is 294 g/mol. The summed E-state index contributed by atoms with van der Waals surface area (Å²) >= 11 is 0. The Bertz CT molecular complexity index is 297. The van der Waals surface area contributed by atoms with Crippen molar-refractivity contribution in [3.63, 3.8) is 0 Å². The van der Waals surface area contributed by atoms with Gasteiger partial charge in [-0.05, 0) is 76.2 Å². The summed E-state index contributed by atoms with van der Waals surface area (Å²) in [6.45, 7) is 7.97. The molecule has 2 heteroatoms. The molecule has 21 heavy (non-hydrogen) atoms. The summed E-state index contributed by atoms with van der Waals surface area (Å²) in [5.41, 5.74) is 6.58. The first-order valence-corrected chi connectivity index (χ1v) is 9.45. The zero-order valence-corrected chi connectivity index (χ0v) is 14.9. The Labute approximate surface area is 132 Å². The van der Waals surface area contributed by atoms with E-state index in [1.807, 2.05) is 0 Å². The van der Waals surface area contributed by atoms with Crippen LogP contribution in [-0.2, 0) is 0 Å². The lowest BCUT2D eigenvalue weighted by Crippen LogP contribution is -2.58. The van der Waals surface area contributed by atoms with Gasteiger partial charge in [-0.15, -0.1) is 0 Å². The van der Waals surface area contributed by atoms with Gasteiger partial charge in [-0.1, -0.05) is 27.2 Å². The van der Waals surface area contributed by atoms with E-state index in [0.29, 0.717) is 5.54 Å². The Morgan fingerprint density at radius 1 is 1.05 bits per heavy atom. The molecule has 0 aromatic heterocycles. The highest BCUT2D eigenvalue weighted by molar-refractivity contribution is 4.98. The minimum atomic E-state index is 0.301. The fraction of sp³-hybridized carbons (Fsp3) is 1.00. The van der Waals surface area contributed by atoms with E-state index >= 15 is 0 Å². The fourth-order valence-electron chi connectivity index (χ4n) is 4.87. The number of likely N-dealkylation sites (N-methyl/N-ethyl adjacent to an activating group) is 1. The Kier molecular flexibility index (Phi) is 6.14. The molecule has 0 amide bonds. The van der Waals surface area contributed by atoms with E-state index in [2.05, 4.69) is 32.7 Å². The highest BCUT2D eigenvalue weighted by Crippen LogP contribution is 2.41. The molecular weight excluding hydrogens is 256 g/mol. The van der Waals surface area contributed by atoms with E-state index in [1.54, 1.807) is 0 Å². The van der Waals surface area contributed by atoms with Crippen LogP contribution in [0.15, 0.2) is 0 Å². The van der Waals surface area contributed by atoms with E-state index in [0.717, 1.165) is 30.3 Å². The molecule has 2 N–H and O–H groups in total. The summed E-state index contributed by atoms with van der Waals surface area (Å²) in [6.07, 6.45) is 12.4. The van der Waals surface area contributed by atoms with Crippen LogP contribution in [0, 0.1) is 17.8 Å². The van der Waals surface area contributed by atoms with Crippen molar-refractivity contribution in [1.29, 1.82) is 0 Å². The molecule has 0 heterocycles. The van der Waals surface area contributed by atoms with Crippen LogP contribution in [0.3, 0.4) is 0 Å². The predicted molar refractivity (Wildman–Crippen MR) is 92.4 cm³/mol. The average Bonchev–Trinajstić information content (AvgIpc) is 2.54. The fourth-order valence-corrected chi connectivity index (χ4v) is 4.87. The number of nitrogens with zero attached hydrogens (tertiary/aromatic N) is 1. The van der Waals surface area contributed by atoms with Gasteiger partial charge in [-0.25, -0.2) is 0 Å². The topological polar surface area (TPSA) is 29.3 Å². The Hall–Kier alpha value is -0.0800. The maximum absolute atomic E-state index is 6.28. The van der Waals surface area contributed by atoms with E-state index in [1.165, 1.54) is 57.8 Å². The molecule has 2 saturated carbocycles. The summed E-state index contributed by atoms with van der Waals surface area (Å²) in [6, 6.07) is 0.784. The number of hydrogen-bond donors (Lipinski definition) is 1. The molecule has 2 nitrogen and oxygen atoms in total. The average molecular weight is 295 g/mol. The Morgan fingerprint density at radius 3 is 2.05 bits per heavy atom. The van der Waals surface area contributed by atoms with Gasteiger partial charge in [-0.3, -0.25) is 4.90 Å². The molecule has 2 aliphatic rings. The lowest BCUT2D eigenvalue weighted by atomic mass is 9.71. The van der Waals surface area contributed by atoms with E-state index < -0.39 is 0 Å². The molecule has 0 spiro atoms. The number of hydrogen-bond acceptors (Lipinski definition) is 2. The largest absolute Gasteiger partial charge is 0.329 e. The van der Waals surface area contributed by atoms with Crippen molar-refractivity contribution >= 4 is 0 Å². The molecule has 124 valence electrons. The minimum absolute atomic E-state index is 0.301. The van der Waals surface area contributed by atoms with Crippen LogP contribution in [0.1, 0.15) is 78.6 Å². The molecular formula is C19H38N2. The first-order chi connectivity index (χ1) is 10.0. The third kappa shape index (κ3) is 3.82. The summed E-state index contributed by atoms with van der Waals surface area (Å²) in [5, 5.41) is 0. The maximum Gasteiger partial charge on any atom is 0.0331 e. The molecule has 0 saturated heterocycles. The molecule has 0 bridgehead atoms. The minimum Gasteiger partial charge on any atom is -0.329 e. The van der Waals surface area contributed by atoms with Crippen LogP contribution in [0.5, 0.6) is 0 Å². The molecule has 0 aliphatic heterocycles. The lowest BCUT2D eigenvalue weighted by molar-refractivity contribution is 0.00647. The molecule has 0 aromatic carbocycles. The SMILES string of the molecule is CCC1CCC(N(C)C2(CN)CCC(C(C)C)CC2)CC1. The van der Waals surface area contributed by atoms with Crippen LogP contribution < -0.4 is 5.73 Å². The van der Waals surface area contributed by atoms with Gasteiger partial charge in [0.05, 0.1) is 0 Å². The van der Waals surface area contributed by atoms with Crippen molar-refractivity contribution in [2.24, 2.45) is 23.5 Å². The molecule has 2 rings (SSSR count). The van der Waals surface area contributed by atoms with Gasteiger partial charge in [0.2, 0.25) is 0 Å². The van der Waals surface area contributed by atoms with Crippen molar-refractivity contribution < 1.29 is 0 Å². The van der Waals surface area contributed by atoms with Crippen molar-refractivity contribution in [2.75, 3.05) is 13.6 Å². The quantitative estimate of drug-likeness (QED) is 0.812. The van der Waals surface area contributed by atoms with Gasteiger partial charge < -0.3 is 5.73 Å². The third-order valence-electron chi connectivity index (χ3n) is 6.97. The van der Waals surface area contributed by atoms with Gasteiger partial charge in [0.25, 0.3) is 0 Å². The van der Waals surface area contributed by atoms with Crippen LogP contribution in [0.2, 0.25) is 0 Å². The standard InChI is InChI=1S/C19H38N2/c1-5-16-6-8-18(9-7-16)21(4)19(14-20)12-10-17(11-13-19)15(2)3/h15-18H,5-14,20H2,1-4H3. The van der Waals surface area contributed by atoms with Gasteiger partial charge in [0.15, 0.2) is 0 Å². The highest BCUT2D eigenvalue weighted by Gasteiger charge is 2.41. The smallest absolute Gasteiger partial charge is 0.0331 e. The first-order valence-electron chi connectivity index (χ1n) is 9.45. The second-order valence-corrected chi connectivity index (χ2v) is 8.20. The summed E-state index contributed by atoms with van der Waals surface area (Å²) in [5.74, 6) is 2.75. The maximum atomic E-state index is 6.28. The zero-order valence-electron chi connectivity index (χ0n) is 14.9.